The first kappa shape index (κ1) is 20.2. The number of anilines is 2. The standard InChI is InChI=1S/C16H19N5O5S2/c1-11(22)17-12-2-4-13(5-3-12)28(24,25)20-19-15(23)14-10-27-16(18-14)21-6-8-26-9-7-21/h2-5,10,20H,6-9H2,1H3,(H,17,22)(H,19,23). The van der Waals surface area contributed by atoms with Gasteiger partial charge in [0.05, 0.1) is 18.1 Å². The third kappa shape index (κ3) is 5.04. The number of nitrogens with zero attached hydrogens (tertiary/aromatic N) is 2. The van der Waals surface area contributed by atoms with Gasteiger partial charge >= 0.3 is 0 Å². The average Bonchev–Trinajstić information content (AvgIpc) is 3.17. The van der Waals surface area contributed by atoms with Crippen LogP contribution in [0.2, 0.25) is 0 Å². The summed E-state index contributed by atoms with van der Waals surface area (Å²) in [5.41, 5.74) is 2.74. The van der Waals surface area contributed by atoms with Crippen LogP contribution in [0.25, 0.3) is 0 Å². The molecule has 0 spiro atoms. The topological polar surface area (TPSA) is 130 Å². The predicted molar refractivity (Wildman–Crippen MR) is 104 cm³/mol. The highest BCUT2D eigenvalue weighted by atomic mass is 32.2. The fourth-order valence-corrected chi connectivity index (χ4v) is 4.12. The highest BCUT2D eigenvalue weighted by Gasteiger charge is 2.20. The zero-order chi connectivity index (χ0) is 20.1. The Morgan fingerprint density at radius 2 is 1.86 bits per heavy atom. The van der Waals surface area contributed by atoms with Crippen LogP contribution in [-0.2, 0) is 19.6 Å². The Kier molecular flexibility index (Phi) is 6.24. The van der Waals surface area contributed by atoms with Gasteiger partial charge in [-0.1, -0.05) is 0 Å². The molecule has 150 valence electrons. The minimum absolute atomic E-state index is 0.0609. The lowest BCUT2D eigenvalue weighted by molar-refractivity contribution is -0.114. The van der Waals surface area contributed by atoms with Gasteiger partial charge in [0.25, 0.3) is 15.9 Å². The Morgan fingerprint density at radius 1 is 1.18 bits per heavy atom. The van der Waals surface area contributed by atoms with Crippen molar-refractivity contribution in [3.8, 4) is 0 Å². The number of nitrogens with one attached hydrogen (secondary N) is 3. The number of hydrogen-bond donors (Lipinski definition) is 3. The maximum absolute atomic E-state index is 12.3. The number of carbonyl (C=O) groups excluding carboxylic acids is 2. The summed E-state index contributed by atoms with van der Waals surface area (Å²) in [4.78, 5) is 31.4. The van der Waals surface area contributed by atoms with Crippen LogP contribution in [0.1, 0.15) is 17.4 Å². The predicted octanol–water partition coefficient (Wildman–Crippen LogP) is 0.561. The van der Waals surface area contributed by atoms with Crippen LogP contribution in [0.3, 0.4) is 0 Å². The van der Waals surface area contributed by atoms with E-state index >= 15 is 0 Å². The Hall–Kier alpha value is -2.54. The molecule has 2 aromatic rings. The molecular formula is C16H19N5O5S2. The van der Waals surface area contributed by atoms with Crippen molar-refractivity contribution in [2.45, 2.75) is 11.8 Å². The van der Waals surface area contributed by atoms with Crippen molar-refractivity contribution in [2.75, 3.05) is 36.5 Å². The maximum Gasteiger partial charge on any atom is 0.285 e. The summed E-state index contributed by atoms with van der Waals surface area (Å²) in [6.45, 7) is 3.93. The van der Waals surface area contributed by atoms with Crippen molar-refractivity contribution in [3.05, 3.63) is 35.3 Å². The van der Waals surface area contributed by atoms with Crippen molar-refractivity contribution in [2.24, 2.45) is 0 Å². The van der Waals surface area contributed by atoms with E-state index in [1.54, 1.807) is 5.38 Å². The number of hydrazine groups is 1. The molecule has 0 unspecified atom stereocenters. The summed E-state index contributed by atoms with van der Waals surface area (Å²) < 4.78 is 29.9. The van der Waals surface area contributed by atoms with Gasteiger partial charge in [-0.25, -0.2) is 13.4 Å². The van der Waals surface area contributed by atoms with Gasteiger partial charge in [0.15, 0.2) is 5.13 Å². The molecule has 28 heavy (non-hydrogen) atoms. The van der Waals surface area contributed by atoms with Crippen molar-refractivity contribution in [1.82, 2.24) is 15.2 Å². The molecule has 1 aromatic heterocycles. The van der Waals surface area contributed by atoms with Gasteiger partial charge in [0.1, 0.15) is 5.69 Å². The van der Waals surface area contributed by atoms with E-state index < -0.39 is 15.9 Å². The van der Waals surface area contributed by atoms with Crippen LogP contribution in [0, 0.1) is 0 Å². The summed E-state index contributed by atoms with van der Waals surface area (Å²) in [5, 5.41) is 4.79. The molecule has 1 fully saturated rings. The van der Waals surface area contributed by atoms with Crippen LogP contribution in [0.15, 0.2) is 34.5 Å². The van der Waals surface area contributed by atoms with E-state index in [0.29, 0.717) is 37.1 Å². The van der Waals surface area contributed by atoms with Crippen molar-refractivity contribution in [1.29, 1.82) is 0 Å². The van der Waals surface area contributed by atoms with Crippen LogP contribution in [-0.4, -0.2) is 51.5 Å². The molecule has 3 rings (SSSR count). The van der Waals surface area contributed by atoms with Crippen LogP contribution in [0.4, 0.5) is 10.8 Å². The fourth-order valence-electron chi connectivity index (χ4n) is 2.43. The molecule has 12 heteroatoms. The van der Waals surface area contributed by atoms with Crippen LogP contribution < -0.4 is 20.5 Å². The van der Waals surface area contributed by atoms with Crippen molar-refractivity contribution in [3.63, 3.8) is 0 Å². The van der Waals surface area contributed by atoms with Crippen molar-refractivity contribution >= 4 is 44.0 Å². The second-order valence-corrected chi connectivity index (χ2v) is 8.40. The molecule has 1 saturated heterocycles. The first-order valence-electron chi connectivity index (χ1n) is 8.33. The molecular weight excluding hydrogens is 406 g/mol. The Morgan fingerprint density at radius 3 is 2.50 bits per heavy atom. The number of amides is 2. The van der Waals surface area contributed by atoms with Crippen LogP contribution in [0.5, 0.6) is 0 Å². The zero-order valence-corrected chi connectivity index (χ0v) is 16.6. The molecule has 3 N–H and O–H groups in total. The third-order valence-corrected chi connectivity index (χ3v) is 5.96. The first-order chi connectivity index (χ1) is 13.3. The molecule has 2 amide bonds. The summed E-state index contributed by atoms with van der Waals surface area (Å²) in [6.07, 6.45) is 0. The number of rotatable bonds is 6. The number of morpholine rings is 1. The van der Waals surface area contributed by atoms with Gasteiger partial charge in [-0.2, -0.15) is 0 Å². The number of hydrogen-bond acceptors (Lipinski definition) is 8. The molecule has 1 aliphatic rings. The lowest BCUT2D eigenvalue weighted by Gasteiger charge is -2.25. The van der Waals surface area contributed by atoms with Gasteiger partial charge < -0.3 is 15.0 Å². The second-order valence-electron chi connectivity index (χ2n) is 5.88. The molecule has 0 aliphatic carbocycles. The van der Waals surface area contributed by atoms with Gasteiger partial charge in [-0.3, -0.25) is 15.0 Å². The fraction of sp³-hybridized carbons (Fsp3) is 0.312. The Balaban J connectivity index is 1.60. The van der Waals surface area contributed by atoms with E-state index in [1.807, 2.05) is 9.73 Å². The second kappa shape index (κ2) is 8.65. The van der Waals surface area contributed by atoms with E-state index in [-0.39, 0.29) is 16.5 Å². The minimum Gasteiger partial charge on any atom is -0.378 e. The highest BCUT2D eigenvalue weighted by Crippen LogP contribution is 2.21. The quantitative estimate of drug-likeness (QED) is 0.577. The molecule has 0 bridgehead atoms. The van der Waals surface area contributed by atoms with E-state index in [4.69, 9.17) is 4.74 Å². The van der Waals surface area contributed by atoms with E-state index in [9.17, 15) is 18.0 Å². The molecule has 0 atom stereocenters. The smallest absolute Gasteiger partial charge is 0.285 e. The Bertz CT molecular complexity index is 952. The van der Waals surface area contributed by atoms with Crippen LogP contribution >= 0.6 is 11.3 Å². The minimum atomic E-state index is -3.97. The number of aromatic nitrogens is 1. The highest BCUT2D eigenvalue weighted by molar-refractivity contribution is 7.89. The SMILES string of the molecule is CC(=O)Nc1ccc(S(=O)(=O)NNC(=O)c2csc(N3CCOCC3)n2)cc1. The molecule has 1 aliphatic heterocycles. The Labute approximate surface area is 165 Å². The molecule has 0 radical (unpaired) electrons. The monoisotopic (exact) mass is 425 g/mol. The van der Waals surface area contributed by atoms with Gasteiger partial charge in [-0.05, 0) is 24.3 Å². The first-order valence-corrected chi connectivity index (χ1v) is 10.7. The van der Waals surface area contributed by atoms with Gasteiger partial charge in [-0.15, -0.1) is 16.2 Å². The summed E-state index contributed by atoms with van der Waals surface area (Å²) in [6, 6.07) is 5.54. The number of sulfonamides is 1. The van der Waals surface area contributed by atoms with Gasteiger partial charge in [0.2, 0.25) is 5.91 Å². The van der Waals surface area contributed by atoms with E-state index in [2.05, 4.69) is 15.7 Å². The maximum atomic E-state index is 12.3. The number of carbonyl (C=O) groups is 2. The lowest BCUT2D eigenvalue weighted by atomic mass is 10.3. The number of ether oxygens (including phenoxy) is 1. The number of benzene rings is 1. The molecule has 0 saturated carbocycles. The van der Waals surface area contributed by atoms with E-state index in [0.717, 1.165) is 0 Å². The summed E-state index contributed by atoms with van der Waals surface area (Å²) in [5.74, 6) is -0.921. The number of thiazole rings is 1. The summed E-state index contributed by atoms with van der Waals surface area (Å²) >= 11 is 1.31. The zero-order valence-electron chi connectivity index (χ0n) is 15.0. The average molecular weight is 425 g/mol. The summed E-state index contributed by atoms with van der Waals surface area (Å²) in [7, 11) is -3.97. The molecule has 1 aromatic carbocycles. The lowest BCUT2D eigenvalue weighted by Crippen LogP contribution is -2.41. The largest absolute Gasteiger partial charge is 0.378 e. The van der Waals surface area contributed by atoms with E-state index in [1.165, 1.54) is 42.5 Å². The normalized spacial score (nSPS) is 14.5. The molecule has 10 nitrogen and oxygen atoms in total. The third-order valence-electron chi connectivity index (χ3n) is 3.79. The van der Waals surface area contributed by atoms with Crippen molar-refractivity contribution < 1.29 is 22.7 Å². The molecule has 2 heterocycles. The van der Waals surface area contributed by atoms with Gasteiger partial charge in [0, 0.05) is 31.1 Å².